The van der Waals surface area contributed by atoms with Crippen LogP contribution in [-0.4, -0.2) is 15.0 Å². The lowest BCUT2D eigenvalue weighted by Crippen LogP contribution is -2.06. The third-order valence-corrected chi connectivity index (χ3v) is 3.39. The van der Waals surface area contributed by atoms with E-state index < -0.39 is 0 Å². The first-order valence-electron chi connectivity index (χ1n) is 7.61. The fourth-order valence-corrected chi connectivity index (χ4v) is 2.22. The Kier molecular flexibility index (Phi) is 7.70. The van der Waals surface area contributed by atoms with Gasteiger partial charge in [0.05, 0.1) is 11.9 Å². The van der Waals surface area contributed by atoms with Crippen LogP contribution in [0.2, 0.25) is 0 Å². The van der Waals surface area contributed by atoms with Crippen LogP contribution in [0, 0.1) is 5.92 Å². The summed E-state index contributed by atoms with van der Waals surface area (Å²) in [4.78, 5) is 0. The number of nitrogens with zero attached hydrogens (tertiary/aromatic N) is 3. The van der Waals surface area contributed by atoms with Gasteiger partial charge in [0, 0.05) is 6.54 Å². The molecular weight excluding hydrogens is 222 g/mol. The molecule has 104 valence electrons. The minimum atomic E-state index is 0.795. The van der Waals surface area contributed by atoms with Gasteiger partial charge in [-0.3, -0.25) is 0 Å². The molecule has 0 atom stereocenters. The van der Waals surface area contributed by atoms with Crippen molar-refractivity contribution in [3.8, 4) is 0 Å². The quantitative estimate of drug-likeness (QED) is 0.583. The summed E-state index contributed by atoms with van der Waals surface area (Å²) >= 11 is 0. The van der Waals surface area contributed by atoms with Gasteiger partial charge in [0.15, 0.2) is 0 Å². The summed E-state index contributed by atoms with van der Waals surface area (Å²) in [5.74, 6) is 0.795. The van der Waals surface area contributed by atoms with Crippen molar-refractivity contribution < 1.29 is 0 Å². The minimum Gasteiger partial charge on any atom is -0.249 e. The summed E-state index contributed by atoms with van der Waals surface area (Å²) in [6.07, 6.45) is 12.2. The van der Waals surface area contributed by atoms with Crippen LogP contribution in [0.4, 0.5) is 0 Å². The average molecular weight is 251 g/mol. The highest BCUT2D eigenvalue weighted by Crippen LogP contribution is 2.10. The van der Waals surface area contributed by atoms with Gasteiger partial charge in [-0.25, -0.2) is 4.68 Å². The SMILES string of the molecule is CCCCCCCn1nncc1CCCC(C)C. The molecule has 0 N–H and O–H groups in total. The predicted octanol–water partition coefficient (Wildman–Crippen LogP) is 4.23. The Labute approximate surface area is 112 Å². The second-order valence-corrected chi connectivity index (χ2v) is 5.65. The van der Waals surface area contributed by atoms with Gasteiger partial charge < -0.3 is 0 Å². The largest absolute Gasteiger partial charge is 0.249 e. The van der Waals surface area contributed by atoms with Crippen LogP contribution in [-0.2, 0) is 13.0 Å². The summed E-state index contributed by atoms with van der Waals surface area (Å²) in [6, 6.07) is 0. The van der Waals surface area contributed by atoms with Crippen LogP contribution in [0.15, 0.2) is 6.20 Å². The van der Waals surface area contributed by atoms with E-state index in [9.17, 15) is 0 Å². The molecule has 0 aliphatic carbocycles. The van der Waals surface area contributed by atoms with Gasteiger partial charge in [0.2, 0.25) is 0 Å². The molecule has 0 aliphatic heterocycles. The van der Waals surface area contributed by atoms with E-state index >= 15 is 0 Å². The second kappa shape index (κ2) is 9.12. The Balaban J connectivity index is 2.22. The minimum absolute atomic E-state index is 0.795. The van der Waals surface area contributed by atoms with Gasteiger partial charge in [-0.1, -0.05) is 58.1 Å². The summed E-state index contributed by atoms with van der Waals surface area (Å²) in [6.45, 7) is 7.86. The molecule has 0 unspecified atom stereocenters. The van der Waals surface area contributed by atoms with Crippen LogP contribution in [0.5, 0.6) is 0 Å². The van der Waals surface area contributed by atoms with Gasteiger partial charge in [-0.2, -0.15) is 0 Å². The van der Waals surface area contributed by atoms with Crippen molar-refractivity contribution >= 4 is 0 Å². The molecule has 1 aromatic heterocycles. The maximum atomic E-state index is 4.20. The molecule has 1 rings (SSSR count). The highest BCUT2D eigenvalue weighted by atomic mass is 15.4. The van der Waals surface area contributed by atoms with Gasteiger partial charge in [0.25, 0.3) is 0 Å². The topological polar surface area (TPSA) is 30.7 Å². The van der Waals surface area contributed by atoms with Crippen LogP contribution >= 0.6 is 0 Å². The fourth-order valence-electron chi connectivity index (χ4n) is 2.22. The monoisotopic (exact) mass is 251 g/mol. The Hall–Kier alpha value is -0.860. The first kappa shape index (κ1) is 15.2. The maximum Gasteiger partial charge on any atom is 0.0725 e. The number of hydrogen-bond acceptors (Lipinski definition) is 2. The van der Waals surface area contributed by atoms with Crippen molar-refractivity contribution in [2.24, 2.45) is 5.92 Å². The fraction of sp³-hybridized carbons (Fsp3) is 0.867. The molecule has 0 aromatic carbocycles. The molecule has 0 bridgehead atoms. The van der Waals surface area contributed by atoms with Crippen molar-refractivity contribution in [3.05, 3.63) is 11.9 Å². The summed E-state index contributed by atoms with van der Waals surface area (Å²) in [7, 11) is 0. The third kappa shape index (κ3) is 6.18. The molecule has 1 heterocycles. The third-order valence-electron chi connectivity index (χ3n) is 3.39. The van der Waals surface area contributed by atoms with Crippen LogP contribution in [0.25, 0.3) is 0 Å². The second-order valence-electron chi connectivity index (χ2n) is 5.65. The van der Waals surface area contributed by atoms with Crippen LogP contribution in [0.3, 0.4) is 0 Å². The molecule has 18 heavy (non-hydrogen) atoms. The predicted molar refractivity (Wildman–Crippen MR) is 76.6 cm³/mol. The first-order valence-corrected chi connectivity index (χ1v) is 7.61. The zero-order valence-corrected chi connectivity index (χ0v) is 12.4. The van der Waals surface area contributed by atoms with E-state index in [0.717, 1.165) is 18.9 Å². The number of hydrogen-bond donors (Lipinski definition) is 0. The number of aromatic nitrogens is 3. The van der Waals surface area contributed by atoms with E-state index in [0.29, 0.717) is 0 Å². The Bertz CT molecular complexity index is 304. The zero-order chi connectivity index (χ0) is 13.2. The number of aryl methyl sites for hydroxylation is 2. The molecular formula is C15H29N3. The Morgan fingerprint density at radius 2 is 1.89 bits per heavy atom. The summed E-state index contributed by atoms with van der Waals surface area (Å²) < 4.78 is 2.10. The Morgan fingerprint density at radius 1 is 1.11 bits per heavy atom. The van der Waals surface area contributed by atoms with E-state index in [1.807, 2.05) is 6.20 Å². The molecule has 0 amide bonds. The van der Waals surface area contributed by atoms with Gasteiger partial charge in [-0.15, -0.1) is 5.10 Å². The van der Waals surface area contributed by atoms with Gasteiger partial charge in [0.1, 0.15) is 0 Å². The van der Waals surface area contributed by atoms with Crippen molar-refractivity contribution in [1.82, 2.24) is 15.0 Å². The number of unbranched alkanes of at least 4 members (excludes halogenated alkanes) is 4. The van der Waals surface area contributed by atoms with E-state index in [1.54, 1.807) is 0 Å². The van der Waals surface area contributed by atoms with Gasteiger partial charge in [-0.05, 0) is 25.2 Å². The molecule has 0 saturated heterocycles. The smallest absolute Gasteiger partial charge is 0.0725 e. The van der Waals surface area contributed by atoms with Crippen molar-refractivity contribution in [2.75, 3.05) is 0 Å². The van der Waals surface area contributed by atoms with E-state index in [-0.39, 0.29) is 0 Å². The van der Waals surface area contributed by atoms with Crippen LogP contribution < -0.4 is 0 Å². The molecule has 3 heteroatoms. The molecule has 0 aliphatic rings. The molecule has 0 spiro atoms. The zero-order valence-electron chi connectivity index (χ0n) is 12.4. The first-order chi connectivity index (χ1) is 8.74. The highest BCUT2D eigenvalue weighted by Gasteiger charge is 2.04. The van der Waals surface area contributed by atoms with E-state index in [4.69, 9.17) is 0 Å². The van der Waals surface area contributed by atoms with E-state index in [2.05, 4.69) is 35.8 Å². The lowest BCUT2D eigenvalue weighted by Gasteiger charge is -2.07. The van der Waals surface area contributed by atoms with Crippen molar-refractivity contribution in [1.29, 1.82) is 0 Å². The highest BCUT2D eigenvalue weighted by molar-refractivity contribution is 4.93. The van der Waals surface area contributed by atoms with Crippen molar-refractivity contribution in [2.45, 2.75) is 78.7 Å². The van der Waals surface area contributed by atoms with Crippen LogP contribution in [0.1, 0.15) is 71.4 Å². The molecule has 0 saturated carbocycles. The Morgan fingerprint density at radius 3 is 2.61 bits per heavy atom. The maximum absolute atomic E-state index is 4.20. The summed E-state index contributed by atoms with van der Waals surface area (Å²) in [5, 5.41) is 8.25. The molecule has 3 nitrogen and oxygen atoms in total. The lowest BCUT2D eigenvalue weighted by molar-refractivity contribution is 0.493. The van der Waals surface area contributed by atoms with Crippen molar-refractivity contribution in [3.63, 3.8) is 0 Å². The molecule has 0 fully saturated rings. The average Bonchev–Trinajstić information content (AvgIpc) is 2.76. The lowest BCUT2D eigenvalue weighted by atomic mass is 10.1. The number of rotatable bonds is 10. The molecule has 1 aromatic rings. The summed E-state index contributed by atoms with van der Waals surface area (Å²) in [5.41, 5.74) is 1.31. The van der Waals surface area contributed by atoms with Gasteiger partial charge >= 0.3 is 0 Å². The molecule has 0 radical (unpaired) electrons. The standard InChI is InChI=1S/C15H29N3/c1-4-5-6-7-8-12-18-15(13-16-17-18)11-9-10-14(2)3/h13-14H,4-12H2,1-3H3. The van der Waals surface area contributed by atoms with E-state index in [1.165, 1.54) is 50.6 Å². The normalized spacial score (nSPS) is 11.3.